The average molecular weight is 293 g/mol. The molecule has 0 spiro atoms. The maximum absolute atomic E-state index is 2.30. The van der Waals surface area contributed by atoms with Crippen molar-refractivity contribution in [1.29, 1.82) is 0 Å². The maximum atomic E-state index is 2.30. The van der Waals surface area contributed by atoms with Crippen LogP contribution in [-0.4, -0.2) is 4.57 Å². The molecule has 5 rings (SSSR count). The van der Waals surface area contributed by atoms with Gasteiger partial charge in [-0.25, -0.2) is 0 Å². The van der Waals surface area contributed by atoms with E-state index in [1.54, 1.807) is 0 Å². The summed E-state index contributed by atoms with van der Waals surface area (Å²) >= 11 is 0. The van der Waals surface area contributed by atoms with Crippen LogP contribution in [0.2, 0.25) is 0 Å². The van der Waals surface area contributed by atoms with Gasteiger partial charge in [-0.3, -0.25) is 0 Å². The Bertz CT molecular complexity index is 1150. The Morgan fingerprint density at radius 2 is 0.913 bits per heavy atom. The minimum atomic E-state index is 1.20. The van der Waals surface area contributed by atoms with Crippen molar-refractivity contribution >= 4 is 32.4 Å². The first-order chi connectivity index (χ1) is 11.4. The predicted molar refractivity (Wildman–Crippen MR) is 98.3 cm³/mol. The van der Waals surface area contributed by atoms with E-state index >= 15 is 0 Å². The van der Waals surface area contributed by atoms with Crippen molar-refractivity contribution in [3.8, 4) is 5.69 Å². The second-order valence-corrected chi connectivity index (χ2v) is 5.87. The summed E-state index contributed by atoms with van der Waals surface area (Å²) in [4.78, 5) is 0. The summed E-state index contributed by atoms with van der Waals surface area (Å²) in [5.74, 6) is 0. The van der Waals surface area contributed by atoms with Crippen LogP contribution in [0.1, 0.15) is 0 Å². The fourth-order valence-corrected chi connectivity index (χ4v) is 3.61. The van der Waals surface area contributed by atoms with Crippen LogP contribution in [0.3, 0.4) is 0 Å². The van der Waals surface area contributed by atoms with Crippen LogP contribution in [-0.2, 0) is 0 Å². The van der Waals surface area contributed by atoms with E-state index in [0.717, 1.165) is 0 Å². The van der Waals surface area contributed by atoms with Crippen LogP contribution in [0.25, 0.3) is 38.1 Å². The van der Waals surface area contributed by atoms with Crippen molar-refractivity contribution in [2.75, 3.05) is 0 Å². The molecule has 0 N–H and O–H groups in total. The molecule has 0 saturated heterocycles. The summed E-state index contributed by atoms with van der Waals surface area (Å²) in [6.07, 6.45) is 2.18. The summed E-state index contributed by atoms with van der Waals surface area (Å²) < 4.78 is 2.30. The largest absolute Gasteiger partial charge is 0.316 e. The number of rotatable bonds is 1. The summed E-state index contributed by atoms with van der Waals surface area (Å²) in [6.45, 7) is 0. The Balaban J connectivity index is 2.06. The van der Waals surface area contributed by atoms with E-state index in [1.165, 1.54) is 38.1 Å². The topological polar surface area (TPSA) is 4.93 Å². The molecule has 5 aromatic rings. The molecule has 0 fully saturated rings. The monoisotopic (exact) mass is 293 g/mol. The van der Waals surface area contributed by atoms with Gasteiger partial charge >= 0.3 is 0 Å². The zero-order chi connectivity index (χ0) is 15.2. The van der Waals surface area contributed by atoms with E-state index in [2.05, 4.69) is 95.7 Å². The van der Waals surface area contributed by atoms with Gasteiger partial charge in [0.1, 0.15) is 0 Å². The molecule has 0 bridgehead atoms. The van der Waals surface area contributed by atoms with Gasteiger partial charge in [0.15, 0.2) is 0 Å². The Hall–Kier alpha value is -3.06. The van der Waals surface area contributed by atoms with Crippen LogP contribution in [0.15, 0.2) is 91.1 Å². The highest BCUT2D eigenvalue weighted by molar-refractivity contribution is 6.24. The summed E-state index contributed by atoms with van der Waals surface area (Å²) in [5, 5.41) is 6.56. The van der Waals surface area contributed by atoms with E-state index in [0.29, 0.717) is 0 Å². The van der Waals surface area contributed by atoms with Gasteiger partial charge < -0.3 is 4.57 Å². The highest BCUT2D eigenvalue weighted by Gasteiger charge is 2.12. The molecule has 1 heteroatoms. The lowest BCUT2D eigenvalue weighted by Gasteiger charge is -2.11. The van der Waals surface area contributed by atoms with E-state index in [9.17, 15) is 0 Å². The van der Waals surface area contributed by atoms with Gasteiger partial charge in [-0.2, -0.15) is 0 Å². The molecule has 0 aliphatic carbocycles. The smallest absolute Gasteiger partial charge is 0.0613 e. The molecular weight excluding hydrogens is 278 g/mol. The third-order valence-electron chi connectivity index (χ3n) is 4.61. The van der Waals surface area contributed by atoms with Gasteiger partial charge in [-0.1, -0.05) is 66.7 Å². The number of para-hydroxylation sites is 1. The van der Waals surface area contributed by atoms with Crippen LogP contribution in [0, 0.1) is 0 Å². The molecule has 0 unspecified atom stereocenters. The number of benzene rings is 4. The fourth-order valence-electron chi connectivity index (χ4n) is 3.61. The third-order valence-corrected chi connectivity index (χ3v) is 4.61. The quantitative estimate of drug-likeness (QED) is 0.337. The molecular formula is C22H15N. The summed E-state index contributed by atoms with van der Waals surface area (Å²) in [6, 6.07) is 30.2. The highest BCUT2D eigenvalue weighted by Crippen LogP contribution is 2.36. The van der Waals surface area contributed by atoms with Crippen LogP contribution < -0.4 is 0 Å². The molecule has 0 saturated carbocycles. The van der Waals surface area contributed by atoms with Gasteiger partial charge in [0, 0.05) is 22.7 Å². The fraction of sp³-hybridized carbons (Fsp3) is 0. The molecule has 108 valence electrons. The van der Waals surface area contributed by atoms with Gasteiger partial charge in [-0.05, 0) is 34.4 Å². The predicted octanol–water partition coefficient (Wildman–Crippen LogP) is 5.94. The summed E-state index contributed by atoms with van der Waals surface area (Å²) in [7, 11) is 0. The van der Waals surface area contributed by atoms with E-state index in [1.807, 2.05) is 0 Å². The minimum absolute atomic E-state index is 1.20. The number of fused-ring (bicyclic) bond motifs is 6. The number of aromatic nitrogens is 1. The van der Waals surface area contributed by atoms with Crippen molar-refractivity contribution in [1.82, 2.24) is 4.57 Å². The molecule has 4 aromatic carbocycles. The lowest BCUT2D eigenvalue weighted by molar-refractivity contribution is 1.13. The Morgan fingerprint density at radius 1 is 0.435 bits per heavy atom. The van der Waals surface area contributed by atoms with Gasteiger partial charge in [-0.15, -0.1) is 0 Å². The average Bonchev–Trinajstić information content (AvgIpc) is 3.08. The third kappa shape index (κ3) is 1.74. The van der Waals surface area contributed by atoms with Crippen molar-refractivity contribution in [2.24, 2.45) is 0 Å². The van der Waals surface area contributed by atoms with Gasteiger partial charge in [0.25, 0.3) is 0 Å². The number of hydrogen-bond acceptors (Lipinski definition) is 0. The SMILES string of the molecule is c1ccc(-n2ccc3c4ccccc4c4ccccc4c32)cc1. The van der Waals surface area contributed by atoms with E-state index in [4.69, 9.17) is 0 Å². The van der Waals surface area contributed by atoms with E-state index in [-0.39, 0.29) is 0 Å². The standard InChI is InChI=1S/C22H15N/c1-2-8-16(9-3-1)23-15-14-21-19-12-5-4-10-17(19)18-11-6-7-13-20(18)22(21)23/h1-15H. The first kappa shape index (κ1) is 12.5. The molecule has 1 nitrogen and oxygen atoms in total. The van der Waals surface area contributed by atoms with Crippen molar-refractivity contribution in [3.63, 3.8) is 0 Å². The van der Waals surface area contributed by atoms with Crippen molar-refractivity contribution < 1.29 is 0 Å². The zero-order valence-corrected chi connectivity index (χ0v) is 12.6. The number of hydrogen-bond donors (Lipinski definition) is 0. The second kappa shape index (κ2) is 4.72. The molecule has 0 atom stereocenters. The van der Waals surface area contributed by atoms with Crippen molar-refractivity contribution in [3.05, 3.63) is 91.1 Å². The molecule has 1 aromatic heterocycles. The van der Waals surface area contributed by atoms with Crippen LogP contribution in [0.5, 0.6) is 0 Å². The highest BCUT2D eigenvalue weighted by atomic mass is 15.0. The lowest BCUT2D eigenvalue weighted by atomic mass is 9.98. The summed E-state index contributed by atoms with van der Waals surface area (Å²) in [5.41, 5.74) is 2.48. The first-order valence-electron chi connectivity index (χ1n) is 7.89. The molecule has 0 aliphatic heterocycles. The molecule has 1 heterocycles. The molecule has 0 radical (unpaired) electrons. The maximum Gasteiger partial charge on any atom is 0.0613 e. The van der Waals surface area contributed by atoms with Gasteiger partial charge in [0.2, 0.25) is 0 Å². The Kier molecular flexibility index (Phi) is 2.56. The Morgan fingerprint density at radius 3 is 1.57 bits per heavy atom. The van der Waals surface area contributed by atoms with Crippen LogP contribution in [0.4, 0.5) is 0 Å². The normalized spacial score (nSPS) is 11.5. The molecule has 0 aliphatic rings. The van der Waals surface area contributed by atoms with Gasteiger partial charge in [0.05, 0.1) is 5.52 Å². The Labute approximate surface area is 134 Å². The molecule has 23 heavy (non-hydrogen) atoms. The first-order valence-corrected chi connectivity index (χ1v) is 7.89. The van der Waals surface area contributed by atoms with Crippen LogP contribution >= 0.6 is 0 Å². The second-order valence-electron chi connectivity index (χ2n) is 5.87. The zero-order valence-electron chi connectivity index (χ0n) is 12.6. The van der Waals surface area contributed by atoms with E-state index < -0.39 is 0 Å². The van der Waals surface area contributed by atoms with Crippen molar-refractivity contribution in [2.45, 2.75) is 0 Å². The minimum Gasteiger partial charge on any atom is -0.316 e. The molecule has 0 amide bonds. The lowest BCUT2D eigenvalue weighted by Crippen LogP contribution is -1.92. The number of nitrogens with zero attached hydrogens (tertiary/aromatic N) is 1.